The number of hydrogen-bond acceptors (Lipinski definition) is 4. The Hall–Kier alpha value is -2.70. The minimum absolute atomic E-state index is 0.0676. The summed E-state index contributed by atoms with van der Waals surface area (Å²) in [4.78, 5) is 22.3. The summed E-state index contributed by atoms with van der Waals surface area (Å²) in [6.45, 7) is 3.97. The molecule has 1 atom stereocenters. The Morgan fingerprint density at radius 2 is 1.87 bits per heavy atom. The van der Waals surface area contributed by atoms with E-state index in [4.69, 9.17) is 21.4 Å². The van der Waals surface area contributed by atoms with Crippen molar-refractivity contribution in [3.63, 3.8) is 0 Å². The van der Waals surface area contributed by atoms with Crippen LogP contribution in [0.4, 0.5) is 4.39 Å². The predicted octanol–water partition coefficient (Wildman–Crippen LogP) is 5.09. The second-order valence-electron chi connectivity index (χ2n) is 7.17. The van der Waals surface area contributed by atoms with Crippen molar-refractivity contribution in [3.8, 4) is 16.9 Å². The molecule has 1 unspecified atom stereocenters. The second-order valence-corrected chi connectivity index (χ2v) is 7.58. The maximum absolute atomic E-state index is 13.5. The summed E-state index contributed by atoms with van der Waals surface area (Å²) in [5.74, 6) is -1.72. The fourth-order valence-corrected chi connectivity index (χ4v) is 3.46. The van der Waals surface area contributed by atoms with Crippen molar-refractivity contribution < 1.29 is 28.9 Å². The molecular formula is C23H24ClFO5. The summed E-state index contributed by atoms with van der Waals surface area (Å²) >= 11 is 6.44. The lowest BCUT2D eigenvalue weighted by Crippen LogP contribution is -2.14. The number of carboxylic acid groups (broad SMARTS) is 1. The lowest BCUT2D eigenvalue weighted by molar-refractivity contribution is -0.140. The zero-order valence-electron chi connectivity index (χ0n) is 17.0. The van der Waals surface area contributed by atoms with Crippen molar-refractivity contribution in [2.45, 2.75) is 38.7 Å². The molecule has 0 aliphatic heterocycles. The van der Waals surface area contributed by atoms with Crippen LogP contribution in [0.15, 0.2) is 36.4 Å². The molecule has 0 fully saturated rings. The van der Waals surface area contributed by atoms with Crippen molar-refractivity contribution in [3.05, 3.63) is 58.4 Å². The summed E-state index contributed by atoms with van der Waals surface area (Å²) in [7, 11) is 1.48. The van der Waals surface area contributed by atoms with Gasteiger partial charge in [-0.25, -0.2) is 4.39 Å². The quantitative estimate of drug-likeness (QED) is 0.537. The van der Waals surface area contributed by atoms with Gasteiger partial charge in [0.25, 0.3) is 0 Å². The molecule has 0 aromatic heterocycles. The highest BCUT2D eigenvalue weighted by Gasteiger charge is 2.20. The molecule has 160 valence electrons. The van der Waals surface area contributed by atoms with Crippen LogP contribution >= 0.6 is 11.6 Å². The molecule has 0 spiro atoms. The second kappa shape index (κ2) is 10.4. The minimum atomic E-state index is -1.24. The topological polar surface area (TPSA) is 83.8 Å². The van der Waals surface area contributed by atoms with Crippen molar-refractivity contribution in [1.82, 2.24) is 0 Å². The van der Waals surface area contributed by atoms with Gasteiger partial charge in [-0.2, -0.15) is 0 Å². The van der Waals surface area contributed by atoms with E-state index in [1.165, 1.54) is 25.3 Å². The molecule has 5 nitrogen and oxygen atoms in total. The Morgan fingerprint density at radius 1 is 1.23 bits per heavy atom. The van der Waals surface area contributed by atoms with Crippen LogP contribution in [0.2, 0.25) is 5.02 Å². The molecule has 0 saturated heterocycles. The molecule has 2 aromatic rings. The SMILES string of the molecule is COc1c(Cl)cc(C(C)C)c(/C=C/C(O)CC(=O)CC(=O)O)c1-c1ccc(F)cc1. The molecule has 0 radical (unpaired) electrons. The number of ether oxygens (including phenoxy) is 1. The Morgan fingerprint density at radius 3 is 2.40 bits per heavy atom. The highest BCUT2D eigenvalue weighted by Crippen LogP contribution is 2.43. The Labute approximate surface area is 179 Å². The number of carbonyl (C=O) groups is 2. The highest BCUT2D eigenvalue weighted by molar-refractivity contribution is 6.32. The smallest absolute Gasteiger partial charge is 0.310 e. The summed E-state index contributed by atoms with van der Waals surface area (Å²) in [5, 5.41) is 19.3. The van der Waals surface area contributed by atoms with E-state index < -0.39 is 24.3 Å². The third-order valence-electron chi connectivity index (χ3n) is 4.54. The van der Waals surface area contributed by atoms with Gasteiger partial charge in [-0.05, 0) is 40.8 Å². The van der Waals surface area contributed by atoms with E-state index in [0.29, 0.717) is 27.5 Å². The zero-order chi connectivity index (χ0) is 22.4. The average Bonchev–Trinajstić information content (AvgIpc) is 2.66. The van der Waals surface area contributed by atoms with Gasteiger partial charge in [0.15, 0.2) is 0 Å². The van der Waals surface area contributed by atoms with Gasteiger partial charge < -0.3 is 14.9 Å². The van der Waals surface area contributed by atoms with E-state index in [9.17, 15) is 19.1 Å². The predicted molar refractivity (Wildman–Crippen MR) is 114 cm³/mol. The van der Waals surface area contributed by atoms with Crippen LogP contribution in [0.1, 0.15) is 43.7 Å². The van der Waals surface area contributed by atoms with Gasteiger partial charge in [0.1, 0.15) is 23.8 Å². The van der Waals surface area contributed by atoms with Crippen LogP contribution in [0.3, 0.4) is 0 Å². The molecule has 30 heavy (non-hydrogen) atoms. The summed E-state index contributed by atoms with van der Waals surface area (Å²) in [6, 6.07) is 7.66. The third kappa shape index (κ3) is 5.90. The molecular weight excluding hydrogens is 411 g/mol. The highest BCUT2D eigenvalue weighted by atomic mass is 35.5. The first kappa shape index (κ1) is 23.6. The Balaban J connectivity index is 2.56. The molecule has 0 bridgehead atoms. The van der Waals surface area contributed by atoms with E-state index in [1.807, 2.05) is 13.8 Å². The number of benzene rings is 2. The zero-order valence-corrected chi connectivity index (χ0v) is 17.7. The number of ketones is 1. The number of aliphatic hydroxyl groups excluding tert-OH is 1. The number of aliphatic carboxylic acids is 1. The first-order valence-corrected chi connectivity index (χ1v) is 9.77. The van der Waals surface area contributed by atoms with Crippen molar-refractivity contribution in [2.24, 2.45) is 0 Å². The lowest BCUT2D eigenvalue weighted by atomic mass is 9.88. The number of carboxylic acids is 1. The van der Waals surface area contributed by atoms with E-state index in [1.54, 1.807) is 24.3 Å². The number of halogens is 2. The molecule has 0 saturated carbocycles. The Bertz CT molecular complexity index is 951. The molecule has 2 rings (SSSR count). The van der Waals surface area contributed by atoms with Gasteiger partial charge in [0, 0.05) is 12.0 Å². The van der Waals surface area contributed by atoms with E-state index in [2.05, 4.69) is 0 Å². The van der Waals surface area contributed by atoms with Crippen LogP contribution in [0.5, 0.6) is 5.75 Å². The van der Waals surface area contributed by atoms with Gasteiger partial charge >= 0.3 is 5.97 Å². The van der Waals surface area contributed by atoms with Crippen LogP contribution < -0.4 is 4.74 Å². The van der Waals surface area contributed by atoms with Crippen LogP contribution in [-0.4, -0.2) is 35.2 Å². The van der Waals surface area contributed by atoms with Crippen LogP contribution in [0, 0.1) is 5.82 Å². The fourth-order valence-electron chi connectivity index (χ4n) is 3.18. The number of rotatable bonds is 9. The first-order valence-electron chi connectivity index (χ1n) is 9.40. The summed E-state index contributed by atoms with van der Waals surface area (Å²) < 4.78 is 19.0. The van der Waals surface area contributed by atoms with Gasteiger partial charge in [-0.1, -0.05) is 49.7 Å². The van der Waals surface area contributed by atoms with E-state index in [-0.39, 0.29) is 18.2 Å². The molecule has 0 heterocycles. The molecule has 2 N–H and O–H groups in total. The van der Waals surface area contributed by atoms with Crippen LogP contribution in [-0.2, 0) is 9.59 Å². The third-order valence-corrected chi connectivity index (χ3v) is 4.82. The Kier molecular flexibility index (Phi) is 8.15. The number of carbonyl (C=O) groups excluding carboxylic acids is 1. The van der Waals surface area contributed by atoms with Gasteiger partial charge in [-0.15, -0.1) is 0 Å². The lowest BCUT2D eigenvalue weighted by Gasteiger charge is -2.20. The van der Waals surface area contributed by atoms with Crippen molar-refractivity contribution in [2.75, 3.05) is 7.11 Å². The molecule has 0 amide bonds. The summed E-state index contributed by atoms with van der Waals surface area (Å²) in [5.41, 5.74) is 2.89. The number of Topliss-reactive ketones (excluding diaryl/α,β-unsaturated/α-hetero) is 1. The van der Waals surface area contributed by atoms with Gasteiger partial charge in [-0.3, -0.25) is 9.59 Å². The molecule has 0 aliphatic carbocycles. The molecule has 7 heteroatoms. The van der Waals surface area contributed by atoms with Gasteiger partial charge in [0.2, 0.25) is 0 Å². The van der Waals surface area contributed by atoms with Crippen molar-refractivity contribution in [1.29, 1.82) is 0 Å². The molecule has 2 aromatic carbocycles. The standard InChI is InChI=1S/C23H24ClFO5/c1-13(2)19-12-20(24)23(30-3)22(14-4-6-15(25)7-5-14)18(19)9-8-16(26)10-17(27)11-21(28)29/h4-9,12-13,16,26H,10-11H2,1-3H3,(H,28,29)/b9-8+. The first-order chi connectivity index (χ1) is 14.1. The molecule has 0 aliphatic rings. The van der Waals surface area contributed by atoms with Crippen molar-refractivity contribution >= 4 is 29.4 Å². The van der Waals surface area contributed by atoms with E-state index in [0.717, 1.165) is 5.56 Å². The maximum atomic E-state index is 13.5. The average molecular weight is 435 g/mol. The normalized spacial score (nSPS) is 12.4. The number of aliphatic hydroxyl groups is 1. The summed E-state index contributed by atoms with van der Waals surface area (Å²) in [6.07, 6.45) is 0.987. The number of hydrogen-bond donors (Lipinski definition) is 2. The monoisotopic (exact) mass is 434 g/mol. The fraction of sp³-hybridized carbons (Fsp3) is 0.304. The minimum Gasteiger partial charge on any atom is -0.495 e. The number of methoxy groups -OCH3 is 1. The van der Waals surface area contributed by atoms with Gasteiger partial charge in [0.05, 0.1) is 18.2 Å². The maximum Gasteiger partial charge on any atom is 0.310 e. The largest absolute Gasteiger partial charge is 0.495 e. The van der Waals surface area contributed by atoms with E-state index >= 15 is 0 Å². The van der Waals surface area contributed by atoms with Crippen LogP contribution in [0.25, 0.3) is 17.2 Å².